The molecule has 0 unspecified atom stereocenters. The molecule has 0 aliphatic heterocycles. The highest BCUT2D eigenvalue weighted by atomic mass is 16.6. The average molecular weight is 333 g/mol. The third kappa shape index (κ3) is 4.87. The molecule has 0 radical (unpaired) electrons. The van der Waals surface area contributed by atoms with Gasteiger partial charge in [0.15, 0.2) is 0 Å². The minimum atomic E-state index is -0.569. The van der Waals surface area contributed by atoms with Crippen molar-refractivity contribution in [1.82, 2.24) is 10.3 Å². The zero-order chi connectivity index (χ0) is 17.5. The predicted molar refractivity (Wildman–Crippen MR) is 85.1 cm³/mol. The summed E-state index contributed by atoms with van der Waals surface area (Å²) in [6.45, 7) is 1.76. The second kappa shape index (κ2) is 8.19. The van der Waals surface area contributed by atoms with Crippen LogP contribution in [0, 0.1) is 10.1 Å². The van der Waals surface area contributed by atoms with E-state index in [4.69, 9.17) is 4.74 Å². The highest BCUT2D eigenvalue weighted by Gasteiger charge is 2.16. The van der Waals surface area contributed by atoms with Crippen LogP contribution in [-0.2, 0) is 9.53 Å². The van der Waals surface area contributed by atoms with Gasteiger partial charge >= 0.3 is 5.97 Å². The Kier molecular flexibility index (Phi) is 6.00. The van der Waals surface area contributed by atoms with Gasteiger partial charge in [0.2, 0.25) is 0 Å². The fourth-order valence-electron chi connectivity index (χ4n) is 2.55. The summed E-state index contributed by atoms with van der Waals surface area (Å²) in [5.41, 5.74) is 1.01. The molecule has 1 aliphatic carbocycles. The van der Waals surface area contributed by atoms with Gasteiger partial charge in [0, 0.05) is 26.0 Å². The summed E-state index contributed by atoms with van der Waals surface area (Å²) in [5.74, 6) is -0.00433. The molecule has 0 saturated heterocycles. The number of ether oxygens (including phenoxy) is 1. The second-order valence-electron chi connectivity index (χ2n) is 5.49. The van der Waals surface area contributed by atoms with E-state index in [0.29, 0.717) is 13.0 Å². The van der Waals surface area contributed by atoms with Gasteiger partial charge in [-0.1, -0.05) is 0 Å². The Balaban J connectivity index is 1.90. The molecule has 0 atom stereocenters. The van der Waals surface area contributed by atoms with Gasteiger partial charge in [0.05, 0.1) is 4.92 Å². The van der Waals surface area contributed by atoms with Crippen LogP contribution in [0.3, 0.4) is 0 Å². The molecule has 0 spiro atoms. The number of nitrogens with one attached hydrogen (secondary N) is 1. The number of aromatic nitrogens is 1. The summed E-state index contributed by atoms with van der Waals surface area (Å²) in [6, 6.07) is 2.56. The van der Waals surface area contributed by atoms with Crippen LogP contribution in [0.15, 0.2) is 29.7 Å². The third-order valence-corrected chi connectivity index (χ3v) is 3.70. The van der Waals surface area contributed by atoms with E-state index in [9.17, 15) is 19.7 Å². The molecule has 1 aromatic heterocycles. The monoisotopic (exact) mass is 333 g/mol. The summed E-state index contributed by atoms with van der Waals surface area (Å²) in [7, 11) is 0. The number of allylic oxidation sites excluding steroid dienone is 1. The minimum absolute atomic E-state index is 0.124. The molecule has 1 aromatic rings. The highest BCUT2D eigenvalue weighted by molar-refractivity contribution is 5.92. The van der Waals surface area contributed by atoms with Crippen LogP contribution in [0.4, 0.5) is 5.69 Å². The van der Waals surface area contributed by atoms with Gasteiger partial charge in [-0.2, -0.15) is 0 Å². The van der Waals surface area contributed by atoms with Gasteiger partial charge in [-0.15, -0.1) is 0 Å². The largest absolute Gasteiger partial charge is 0.431 e. The van der Waals surface area contributed by atoms with Crippen LogP contribution in [0.2, 0.25) is 0 Å². The maximum atomic E-state index is 12.0. The summed E-state index contributed by atoms with van der Waals surface area (Å²) < 4.78 is 5.23. The standard InChI is InChI=1S/C16H19N3O5/c1-11(20)24-15-5-3-2-4-12(15)8-9-17-16(21)14-7-6-13(10-18-14)19(22)23/h6-7,10H,2-5,8-9H2,1H3,(H,17,21). The minimum Gasteiger partial charge on any atom is -0.431 e. The molecule has 0 fully saturated rings. The van der Waals surface area contributed by atoms with Gasteiger partial charge in [-0.05, 0) is 37.3 Å². The van der Waals surface area contributed by atoms with Crippen molar-refractivity contribution in [2.45, 2.75) is 39.0 Å². The van der Waals surface area contributed by atoms with Gasteiger partial charge in [-0.25, -0.2) is 4.98 Å². The SMILES string of the molecule is CC(=O)OC1=C(CCNC(=O)c2ccc([N+](=O)[O-])cn2)CCCC1. The number of carbonyl (C=O) groups excluding carboxylic acids is 2. The fourth-order valence-corrected chi connectivity index (χ4v) is 2.55. The molecule has 8 heteroatoms. The average Bonchev–Trinajstić information content (AvgIpc) is 2.56. The highest BCUT2D eigenvalue weighted by Crippen LogP contribution is 2.27. The zero-order valence-corrected chi connectivity index (χ0v) is 13.4. The van der Waals surface area contributed by atoms with Crippen LogP contribution >= 0.6 is 0 Å². The molecule has 1 aliphatic rings. The molecule has 128 valence electrons. The van der Waals surface area contributed by atoms with Crippen molar-refractivity contribution >= 4 is 17.6 Å². The quantitative estimate of drug-likeness (QED) is 0.486. The van der Waals surface area contributed by atoms with Crippen molar-refractivity contribution in [2.75, 3.05) is 6.54 Å². The van der Waals surface area contributed by atoms with Crippen LogP contribution in [-0.4, -0.2) is 28.3 Å². The van der Waals surface area contributed by atoms with Crippen molar-refractivity contribution < 1.29 is 19.2 Å². The summed E-state index contributed by atoms with van der Waals surface area (Å²) in [4.78, 5) is 36.9. The van der Waals surface area contributed by atoms with Crippen LogP contribution in [0.5, 0.6) is 0 Å². The normalized spacial score (nSPS) is 14.2. The first kappa shape index (κ1) is 17.6. The topological polar surface area (TPSA) is 111 Å². The van der Waals surface area contributed by atoms with E-state index in [1.165, 1.54) is 19.1 Å². The van der Waals surface area contributed by atoms with E-state index in [1.807, 2.05) is 0 Å². The lowest BCUT2D eigenvalue weighted by molar-refractivity contribution is -0.385. The summed E-state index contributed by atoms with van der Waals surface area (Å²) >= 11 is 0. The molecule has 0 bridgehead atoms. The molecule has 1 heterocycles. The van der Waals surface area contributed by atoms with Crippen molar-refractivity contribution in [3.8, 4) is 0 Å². The Hall–Kier alpha value is -2.77. The predicted octanol–water partition coefficient (Wildman–Crippen LogP) is 2.50. The van der Waals surface area contributed by atoms with E-state index >= 15 is 0 Å². The Bertz CT molecular complexity index is 667. The number of carbonyl (C=O) groups is 2. The van der Waals surface area contributed by atoms with Crippen molar-refractivity contribution in [2.24, 2.45) is 0 Å². The first-order valence-electron chi connectivity index (χ1n) is 7.75. The van der Waals surface area contributed by atoms with Gasteiger partial charge in [0.25, 0.3) is 11.6 Å². The number of pyridine rings is 1. The van der Waals surface area contributed by atoms with Crippen molar-refractivity contribution in [3.63, 3.8) is 0 Å². The van der Waals surface area contributed by atoms with Crippen LogP contribution in [0.25, 0.3) is 0 Å². The number of nitrogens with zero attached hydrogens (tertiary/aromatic N) is 2. The molecular weight excluding hydrogens is 314 g/mol. The smallest absolute Gasteiger partial charge is 0.307 e. The van der Waals surface area contributed by atoms with Gasteiger partial charge < -0.3 is 10.1 Å². The number of hydrogen-bond acceptors (Lipinski definition) is 6. The third-order valence-electron chi connectivity index (χ3n) is 3.70. The van der Waals surface area contributed by atoms with E-state index in [-0.39, 0.29) is 17.4 Å². The van der Waals surface area contributed by atoms with E-state index in [0.717, 1.165) is 43.2 Å². The zero-order valence-electron chi connectivity index (χ0n) is 13.4. The molecule has 1 N–H and O–H groups in total. The van der Waals surface area contributed by atoms with E-state index < -0.39 is 10.8 Å². The van der Waals surface area contributed by atoms with Gasteiger partial charge in [0.1, 0.15) is 17.6 Å². The Labute approximate surface area is 139 Å². The fraction of sp³-hybridized carbons (Fsp3) is 0.438. The lowest BCUT2D eigenvalue weighted by Gasteiger charge is -2.19. The maximum absolute atomic E-state index is 12.0. The van der Waals surface area contributed by atoms with Crippen molar-refractivity contribution in [1.29, 1.82) is 0 Å². The Morgan fingerprint density at radius 3 is 2.71 bits per heavy atom. The molecule has 2 rings (SSSR count). The maximum Gasteiger partial charge on any atom is 0.307 e. The number of nitro groups is 1. The Morgan fingerprint density at radius 2 is 2.08 bits per heavy atom. The Morgan fingerprint density at radius 1 is 1.33 bits per heavy atom. The second-order valence-corrected chi connectivity index (χ2v) is 5.49. The molecule has 1 amide bonds. The first-order valence-corrected chi connectivity index (χ1v) is 7.75. The number of rotatable bonds is 6. The van der Waals surface area contributed by atoms with Crippen molar-refractivity contribution in [3.05, 3.63) is 45.5 Å². The van der Waals surface area contributed by atoms with E-state index in [2.05, 4.69) is 10.3 Å². The molecular formula is C16H19N3O5. The number of esters is 1. The molecule has 0 saturated carbocycles. The molecule has 8 nitrogen and oxygen atoms in total. The molecule has 24 heavy (non-hydrogen) atoms. The van der Waals surface area contributed by atoms with Gasteiger partial charge in [-0.3, -0.25) is 19.7 Å². The lowest BCUT2D eigenvalue weighted by Crippen LogP contribution is -2.26. The number of hydrogen-bond donors (Lipinski definition) is 1. The lowest BCUT2D eigenvalue weighted by atomic mass is 9.95. The summed E-state index contributed by atoms with van der Waals surface area (Å²) in [6.07, 6.45) is 5.28. The van der Waals surface area contributed by atoms with Crippen LogP contribution < -0.4 is 5.32 Å². The number of amides is 1. The first-order chi connectivity index (χ1) is 11.5. The summed E-state index contributed by atoms with van der Waals surface area (Å²) in [5, 5.41) is 13.3. The van der Waals surface area contributed by atoms with E-state index in [1.54, 1.807) is 0 Å². The van der Waals surface area contributed by atoms with Crippen LogP contribution in [0.1, 0.15) is 49.5 Å². The molecule has 0 aromatic carbocycles.